The summed E-state index contributed by atoms with van der Waals surface area (Å²) in [6.07, 6.45) is 3.61. The third-order valence-electron chi connectivity index (χ3n) is 2.65. The largest absolute Gasteiger partial charge is 0.362 e. The molecule has 2 nitrogen and oxygen atoms in total. The molecule has 16 heavy (non-hydrogen) atoms. The van der Waals surface area contributed by atoms with Crippen LogP contribution in [0.25, 0.3) is 0 Å². The number of unbranched alkanes of at least 4 members (excludes halogenated alkanes) is 1. The van der Waals surface area contributed by atoms with E-state index in [0.29, 0.717) is 13.0 Å². The van der Waals surface area contributed by atoms with Crippen molar-refractivity contribution in [1.29, 1.82) is 0 Å². The van der Waals surface area contributed by atoms with E-state index in [1.165, 1.54) is 0 Å². The first-order valence-corrected chi connectivity index (χ1v) is 6.14. The van der Waals surface area contributed by atoms with E-state index in [-0.39, 0.29) is 0 Å². The molecule has 0 aliphatic heterocycles. The number of aliphatic hydroxyl groups is 1. The molecule has 0 aromatic heterocycles. The minimum absolute atomic E-state index is 0.613. The summed E-state index contributed by atoms with van der Waals surface area (Å²) < 4.78 is 5.65. The van der Waals surface area contributed by atoms with Crippen LogP contribution in [0.4, 0.5) is 0 Å². The highest BCUT2D eigenvalue weighted by molar-refractivity contribution is 5.19. The fourth-order valence-electron chi connectivity index (χ4n) is 1.72. The highest BCUT2D eigenvalue weighted by Crippen LogP contribution is 2.28. The maximum Gasteiger partial charge on any atom is 0.192 e. The summed E-state index contributed by atoms with van der Waals surface area (Å²) in [4.78, 5) is 0. The van der Waals surface area contributed by atoms with Gasteiger partial charge in [0.15, 0.2) is 5.79 Å². The molecule has 0 aliphatic rings. The Morgan fingerprint density at radius 3 is 2.38 bits per heavy atom. The number of ether oxygens (including phenoxy) is 1. The molecule has 1 N–H and O–H groups in total. The molecular formula is C14H22O2. The first-order valence-electron chi connectivity index (χ1n) is 6.14. The van der Waals surface area contributed by atoms with Crippen molar-refractivity contribution in [1.82, 2.24) is 0 Å². The van der Waals surface area contributed by atoms with Crippen LogP contribution in [0.2, 0.25) is 0 Å². The lowest BCUT2D eigenvalue weighted by molar-refractivity contribution is -0.217. The topological polar surface area (TPSA) is 29.5 Å². The third kappa shape index (κ3) is 3.62. The van der Waals surface area contributed by atoms with E-state index in [2.05, 4.69) is 13.8 Å². The number of rotatable bonds is 7. The van der Waals surface area contributed by atoms with Crippen molar-refractivity contribution in [2.45, 2.75) is 45.3 Å². The van der Waals surface area contributed by atoms with Gasteiger partial charge in [-0.25, -0.2) is 0 Å². The van der Waals surface area contributed by atoms with Gasteiger partial charge >= 0.3 is 0 Å². The molecule has 0 saturated carbocycles. The molecule has 0 fully saturated rings. The van der Waals surface area contributed by atoms with Crippen LogP contribution in [0.5, 0.6) is 0 Å². The molecule has 1 unspecified atom stereocenters. The van der Waals surface area contributed by atoms with Gasteiger partial charge in [-0.1, -0.05) is 57.0 Å². The van der Waals surface area contributed by atoms with Gasteiger partial charge in [-0.3, -0.25) is 0 Å². The normalized spacial score (nSPS) is 14.7. The summed E-state index contributed by atoms with van der Waals surface area (Å²) in [6.45, 7) is 4.78. The van der Waals surface area contributed by atoms with Crippen LogP contribution in [0.1, 0.15) is 45.1 Å². The first-order chi connectivity index (χ1) is 7.73. The Morgan fingerprint density at radius 1 is 1.12 bits per heavy atom. The van der Waals surface area contributed by atoms with Crippen molar-refractivity contribution in [2.75, 3.05) is 6.61 Å². The van der Waals surface area contributed by atoms with Crippen LogP contribution < -0.4 is 0 Å². The van der Waals surface area contributed by atoms with Gasteiger partial charge < -0.3 is 9.84 Å². The summed E-state index contributed by atoms with van der Waals surface area (Å²) in [5, 5.41) is 10.5. The third-order valence-corrected chi connectivity index (χ3v) is 2.65. The van der Waals surface area contributed by atoms with Crippen molar-refractivity contribution in [2.24, 2.45) is 0 Å². The Kier molecular flexibility index (Phi) is 5.50. The molecule has 1 atom stereocenters. The molecule has 0 radical (unpaired) electrons. The lowest BCUT2D eigenvalue weighted by Gasteiger charge is -2.28. The zero-order valence-corrected chi connectivity index (χ0v) is 10.3. The Bertz CT molecular complexity index is 284. The highest BCUT2D eigenvalue weighted by atomic mass is 16.6. The van der Waals surface area contributed by atoms with Gasteiger partial charge in [0.05, 0.1) is 6.61 Å². The predicted octanol–water partition coefficient (Wildman–Crippen LogP) is 3.45. The van der Waals surface area contributed by atoms with Crippen LogP contribution in [0, 0.1) is 0 Å². The molecule has 0 bridgehead atoms. The first kappa shape index (κ1) is 13.2. The zero-order valence-electron chi connectivity index (χ0n) is 10.3. The molecule has 1 aromatic rings. The smallest absolute Gasteiger partial charge is 0.192 e. The molecular weight excluding hydrogens is 200 g/mol. The maximum atomic E-state index is 10.5. The number of benzene rings is 1. The quantitative estimate of drug-likeness (QED) is 0.565. The second-order valence-corrected chi connectivity index (χ2v) is 4.10. The van der Waals surface area contributed by atoms with Crippen molar-refractivity contribution >= 4 is 0 Å². The van der Waals surface area contributed by atoms with Gasteiger partial charge in [-0.15, -0.1) is 0 Å². The summed E-state index contributed by atoms with van der Waals surface area (Å²) in [5.41, 5.74) is 0.855. The van der Waals surface area contributed by atoms with Crippen LogP contribution in [0.3, 0.4) is 0 Å². The monoisotopic (exact) mass is 222 g/mol. The molecule has 0 saturated heterocycles. The van der Waals surface area contributed by atoms with E-state index >= 15 is 0 Å². The van der Waals surface area contributed by atoms with E-state index < -0.39 is 5.79 Å². The predicted molar refractivity (Wildman–Crippen MR) is 66.1 cm³/mol. The second-order valence-electron chi connectivity index (χ2n) is 4.10. The van der Waals surface area contributed by atoms with Crippen LogP contribution >= 0.6 is 0 Å². The zero-order chi connectivity index (χ0) is 11.9. The molecule has 0 spiro atoms. The van der Waals surface area contributed by atoms with E-state index in [9.17, 15) is 5.11 Å². The van der Waals surface area contributed by atoms with Crippen LogP contribution in [-0.4, -0.2) is 11.7 Å². The van der Waals surface area contributed by atoms with Crippen LogP contribution in [0.15, 0.2) is 30.3 Å². The van der Waals surface area contributed by atoms with Gasteiger partial charge in [0.1, 0.15) is 0 Å². The van der Waals surface area contributed by atoms with Crippen molar-refractivity contribution in [3.8, 4) is 0 Å². The second kappa shape index (κ2) is 6.66. The van der Waals surface area contributed by atoms with E-state index in [0.717, 1.165) is 24.8 Å². The highest BCUT2D eigenvalue weighted by Gasteiger charge is 2.28. The van der Waals surface area contributed by atoms with Gasteiger partial charge in [0.25, 0.3) is 0 Å². The van der Waals surface area contributed by atoms with E-state index in [1.807, 2.05) is 30.3 Å². The Morgan fingerprint density at radius 2 is 1.81 bits per heavy atom. The lowest BCUT2D eigenvalue weighted by Crippen LogP contribution is -2.29. The Hall–Kier alpha value is -0.860. The molecule has 1 rings (SSSR count). The van der Waals surface area contributed by atoms with Crippen molar-refractivity contribution in [3.63, 3.8) is 0 Å². The Labute approximate surface area is 98.3 Å². The fourth-order valence-corrected chi connectivity index (χ4v) is 1.72. The summed E-state index contributed by atoms with van der Waals surface area (Å²) in [6, 6.07) is 9.64. The van der Waals surface area contributed by atoms with Crippen LogP contribution in [-0.2, 0) is 10.5 Å². The molecule has 1 aromatic carbocycles. The maximum absolute atomic E-state index is 10.5. The molecule has 90 valence electrons. The molecule has 0 amide bonds. The fraction of sp³-hybridized carbons (Fsp3) is 0.571. The van der Waals surface area contributed by atoms with Gasteiger partial charge in [-0.2, -0.15) is 0 Å². The lowest BCUT2D eigenvalue weighted by atomic mass is 10.0. The number of hydrogen-bond acceptors (Lipinski definition) is 2. The molecule has 0 aliphatic carbocycles. The van der Waals surface area contributed by atoms with Gasteiger partial charge in [0.2, 0.25) is 0 Å². The van der Waals surface area contributed by atoms with Gasteiger partial charge in [0, 0.05) is 12.0 Å². The molecule has 2 heteroatoms. The number of hydrogen-bond donors (Lipinski definition) is 1. The molecule has 0 heterocycles. The van der Waals surface area contributed by atoms with Crippen molar-refractivity contribution < 1.29 is 9.84 Å². The van der Waals surface area contributed by atoms with Gasteiger partial charge in [-0.05, 0) is 6.42 Å². The standard InChI is InChI=1S/C14H22O2/c1-3-5-12-16-14(15,11-4-2)13-9-7-6-8-10-13/h6-10,15H,3-5,11-12H2,1-2H3. The summed E-state index contributed by atoms with van der Waals surface area (Å²) >= 11 is 0. The summed E-state index contributed by atoms with van der Waals surface area (Å²) in [7, 11) is 0. The Balaban J connectivity index is 2.71. The average molecular weight is 222 g/mol. The average Bonchev–Trinajstić information content (AvgIpc) is 2.31. The van der Waals surface area contributed by atoms with E-state index in [1.54, 1.807) is 0 Å². The van der Waals surface area contributed by atoms with E-state index in [4.69, 9.17) is 4.74 Å². The summed E-state index contributed by atoms with van der Waals surface area (Å²) in [5.74, 6) is -1.11. The minimum atomic E-state index is -1.11. The SMILES string of the molecule is CCCCOC(O)(CCC)c1ccccc1. The minimum Gasteiger partial charge on any atom is -0.362 e. The van der Waals surface area contributed by atoms with Crippen molar-refractivity contribution in [3.05, 3.63) is 35.9 Å².